The molecule has 11 heteroatoms. The van der Waals surface area contributed by atoms with Gasteiger partial charge in [-0.25, -0.2) is 4.90 Å². The van der Waals surface area contributed by atoms with E-state index in [1.165, 1.54) is 21.0 Å². The lowest BCUT2D eigenvalue weighted by molar-refractivity contribution is -0.123. The topological polar surface area (TPSA) is 123 Å². The largest absolute Gasteiger partial charge is 0.493 e. The molecule has 0 saturated carbocycles. The van der Waals surface area contributed by atoms with Gasteiger partial charge >= 0.3 is 0 Å². The first-order valence-corrected chi connectivity index (χ1v) is 11.3. The van der Waals surface area contributed by atoms with Crippen molar-refractivity contribution in [1.82, 2.24) is 15.1 Å². The summed E-state index contributed by atoms with van der Waals surface area (Å²) in [5.74, 6) is 0.978. The number of methoxy groups -OCH3 is 2. The van der Waals surface area contributed by atoms with Crippen molar-refractivity contribution in [1.29, 1.82) is 0 Å². The van der Waals surface area contributed by atoms with Crippen LogP contribution in [0.25, 0.3) is 11.4 Å². The van der Waals surface area contributed by atoms with Gasteiger partial charge in [0.2, 0.25) is 11.7 Å². The van der Waals surface area contributed by atoms with Crippen LogP contribution in [0.2, 0.25) is 0 Å². The molecule has 2 amide bonds. The highest BCUT2D eigenvalue weighted by atomic mass is 16.5. The van der Waals surface area contributed by atoms with Crippen LogP contribution in [0, 0.1) is 0 Å². The lowest BCUT2D eigenvalue weighted by Crippen LogP contribution is -2.39. The summed E-state index contributed by atoms with van der Waals surface area (Å²) < 4.78 is 16.0. The Balaban J connectivity index is 1.21. The van der Waals surface area contributed by atoms with Crippen LogP contribution in [-0.2, 0) is 29.0 Å². The minimum absolute atomic E-state index is 0.0437. The molecule has 2 aromatic carbocycles. The van der Waals surface area contributed by atoms with E-state index in [0.29, 0.717) is 28.6 Å². The molecule has 178 valence electrons. The number of carbonyl (C=O) groups is 2. The summed E-state index contributed by atoms with van der Waals surface area (Å²) in [6.07, 6.45) is 3.07. The van der Waals surface area contributed by atoms with Gasteiger partial charge < -0.3 is 14.0 Å². The zero-order chi connectivity index (χ0) is 24.1. The zero-order valence-electron chi connectivity index (χ0n) is 19.2. The number of anilines is 1. The van der Waals surface area contributed by atoms with Crippen LogP contribution in [0.4, 0.5) is 5.69 Å². The molecule has 1 saturated heterocycles. The summed E-state index contributed by atoms with van der Waals surface area (Å²) >= 11 is 0. The maximum Gasteiger partial charge on any atom is 0.263 e. The lowest BCUT2D eigenvalue weighted by atomic mass is 10.1. The maximum absolute atomic E-state index is 13.3. The standard InChI is InChI=1S/C24H22N6O5/c1-33-17-9-7-15(11-18(17)34-2)22-25-19(35-27-22)12-29-21-20(26-28-29)23(31)30(24(21)32)16-8-6-13-4-3-5-14(13)10-16/h6-11,20-21H,3-5,12H2,1-2H3. The summed E-state index contributed by atoms with van der Waals surface area (Å²) in [5, 5.41) is 13.6. The SMILES string of the molecule is COc1ccc(-c2noc(CN3N=NC4C(=O)N(c5ccc6c(c5)CCC6)C(=O)C43)n2)cc1OC. The molecule has 3 aromatic rings. The number of hydrogen-bond donors (Lipinski definition) is 0. The Kier molecular flexibility index (Phi) is 4.97. The Hall–Kier alpha value is -4.28. The Bertz CT molecular complexity index is 1370. The first-order valence-electron chi connectivity index (χ1n) is 11.3. The van der Waals surface area contributed by atoms with Crippen molar-refractivity contribution in [3.63, 3.8) is 0 Å². The maximum atomic E-state index is 13.3. The number of imide groups is 1. The zero-order valence-corrected chi connectivity index (χ0v) is 19.2. The van der Waals surface area contributed by atoms with Crippen molar-refractivity contribution in [2.45, 2.75) is 37.9 Å². The normalized spacial score (nSPS) is 20.5. The second-order valence-electron chi connectivity index (χ2n) is 8.59. The fourth-order valence-corrected chi connectivity index (χ4v) is 4.86. The molecule has 0 N–H and O–H groups in total. The molecule has 3 heterocycles. The Morgan fingerprint density at radius 3 is 2.66 bits per heavy atom. The first kappa shape index (κ1) is 21.3. The van der Waals surface area contributed by atoms with E-state index in [4.69, 9.17) is 14.0 Å². The van der Waals surface area contributed by atoms with Crippen molar-refractivity contribution >= 4 is 17.5 Å². The molecule has 35 heavy (non-hydrogen) atoms. The number of rotatable bonds is 6. The van der Waals surface area contributed by atoms with Gasteiger partial charge in [0.05, 0.1) is 19.9 Å². The molecule has 0 radical (unpaired) electrons. The van der Waals surface area contributed by atoms with Crippen LogP contribution >= 0.6 is 0 Å². The van der Waals surface area contributed by atoms with Gasteiger partial charge in [-0.1, -0.05) is 16.4 Å². The van der Waals surface area contributed by atoms with Gasteiger partial charge in [0.25, 0.3) is 11.8 Å². The molecular weight excluding hydrogens is 452 g/mol. The molecule has 11 nitrogen and oxygen atoms in total. The van der Waals surface area contributed by atoms with Crippen molar-refractivity contribution in [2.75, 3.05) is 19.1 Å². The minimum atomic E-state index is -0.885. The predicted molar refractivity (Wildman–Crippen MR) is 122 cm³/mol. The number of amides is 2. The number of nitrogens with zero attached hydrogens (tertiary/aromatic N) is 6. The third-order valence-electron chi connectivity index (χ3n) is 6.61. The Morgan fingerprint density at radius 1 is 1.00 bits per heavy atom. The van der Waals surface area contributed by atoms with Crippen molar-refractivity contribution < 1.29 is 23.6 Å². The van der Waals surface area contributed by atoms with Gasteiger partial charge in [0.1, 0.15) is 6.54 Å². The Morgan fingerprint density at radius 2 is 1.83 bits per heavy atom. The van der Waals surface area contributed by atoms with E-state index in [1.54, 1.807) is 32.4 Å². The summed E-state index contributed by atoms with van der Waals surface area (Å²) in [6.45, 7) is 0.0437. The number of ether oxygens (including phenoxy) is 2. The fraction of sp³-hybridized carbons (Fsp3) is 0.333. The highest BCUT2D eigenvalue weighted by molar-refractivity contribution is 6.25. The molecule has 1 fully saturated rings. The van der Waals surface area contributed by atoms with Crippen LogP contribution in [0.5, 0.6) is 11.5 Å². The highest BCUT2D eigenvalue weighted by Gasteiger charge is 2.55. The summed E-state index contributed by atoms with van der Waals surface area (Å²) in [4.78, 5) is 32.0. The van der Waals surface area contributed by atoms with Gasteiger partial charge in [-0.2, -0.15) is 10.1 Å². The summed E-state index contributed by atoms with van der Waals surface area (Å²) in [6, 6.07) is 9.32. The fourth-order valence-electron chi connectivity index (χ4n) is 4.86. The highest BCUT2D eigenvalue weighted by Crippen LogP contribution is 2.35. The van der Waals surface area contributed by atoms with E-state index in [0.717, 1.165) is 19.3 Å². The molecule has 2 atom stereocenters. The minimum Gasteiger partial charge on any atom is -0.493 e. The van der Waals surface area contributed by atoms with E-state index in [1.807, 2.05) is 18.2 Å². The number of carbonyl (C=O) groups excluding carboxylic acids is 2. The van der Waals surface area contributed by atoms with Gasteiger partial charge in [-0.3, -0.25) is 14.6 Å². The molecular formula is C24H22N6O5. The molecule has 1 aliphatic carbocycles. The average molecular weight is 474 g/mol. The monoisotopic (exact) mass is 474 g/mol. The lowest BCUT2D eigenvalue weighted by Gasteiger charge is -2.19. The van der Waals surface area contributed by atoms with Crippen LogP contribution in [0.15, 0.2) is 51.3 Å². The van der Waals surface area contributed by atoms with Crippen molar-refractivity contribution in [3.05, 3.63) is 53.4 Å². The van der Waals surface area contributed by atoms with Gasteiger partial charge in [0.15, 0.2) is 23.6 Å². The molecule has 0 bridgehead atoms. The van der Waals surface area contributed by atoms with E-state index in [2.05, 4.69) is 20.5 Å². The van der Waals surface area contributed by atoms with Crippen molar-refractivity contribution in [3.8, 4) is 22.9 Å². The second-order valence-corrected chi connectivity index (χ2v) is 8.59. The molecule has 1 aromatic heterocycles. The molecule has 2 unspecified atom stereocenters. The number of hydrogen-bond acceptors (Lipinski definition) is 10. The van der Waals surface area contributed by atoms with Crippen LogP contribution in [0.1, 0.15) is 23.4 Å². The van der Waals surface area contributed by atoms with Crippen molar-refractivity contribution in [2.24, 2.45) is 10.3 Å². The third kappa shape index (κ3) is 3.42. The Labute approximate surface area is 200 Å². The van der Waals surface area contributed by atoms with Crippen LogP contribution in [0.3, 0.4) is 0 Å². The molecule has 2 aliphatic heterocycles. The number of aromatic nitrogens is 2. The van der Waals surface area contributed by atoms with Gasteiger partial charge in [-0.05, 0) is 60.7 Å². The summed E-state index contributed by atoms with van der Waals surface area (Å²) in [5.41, 5.74) is 3.72. The smallest absolute Gasteiger partial charge is 0.263 e. The second kappa shape index (κ2) is 8.19. The molecule has 3 aliphatic rings. The van der Waals surface area contributed by atoms with E-state index in [-0.39, 0.29) is 24.2 Å². The number of aryl methyl sites for hydroxylation is 2. The third-order valence-corrected chi connectivity index (χ3v) is 6.61. The van der Waals surface area contributed by atoms with Gasteiger partial charge in [-0.15, -0.1) is 0 Å². The number of fused-ring (bicyclic) bond motifs is 2. The van der Waals surface area contributed by atoms with E-state index < -0.39 is 12.1 Å². The molecule has 6 rings (SSSR count). The quantitative estimate of drug-likeness (QED) is 0.500. The average Bonchev–Trinajstić information content (AvgIpc) is 3.66. The van der Waals surface area contributed by atoms with Crippen LogP contribution in [-0.4, -0.2) is 53.3 Å². The number of benzene rings is 2. The van der Waals surface area contributed by atoms with E-state index in [9.17, 15) is 9.59 Å². The van der Waals surface area contributed by atoms with E-state index >= 15 is 0 Å². The van der Waals surface area contributed by atoms with Crippen LogP contribution < -0.4 is 14.4 Å². The molecule has 0 spiro atoms. The first-order chi connectivity index (χ1) is 17.1. The predicted octanol–water partition coefficient (Wildman–Crippen LogP) is 2.74. The summed E-state index contributed by atoms with van der Waals surface area (Å²) in [7, 11) is 3.10. The van der Waals surface area contributed by atoms with Gasteiger partial charge in [0, 0.05) is 5.56 Å².